The van der Waals surface area contributed by atoms with E-state index in [-0.39, 0.29) is 11.6 Å². The highest BCUT2D eigenvalue weighted by Gasteiger charge is 2.40. The van der Waals surface area contributed by atoms with Gasteiger partial charge in [-0.3, -0.25) is 5.43 Å². The number of aliphatic carboxylic acids is 2. The molecule has 0 bridgehead atoms. The first kappa shape index (κ1) is 24.1. The summed E-state index contributed by atoms with van der Waals surface area (Å²) in [6, 6.07) is 14.8. The van der Waals surface area contributed by atoms with Crippen molar-refractivity contribution >= 4 is 40.8 Å². The standard InChI is InChI=1S/C17H14N4O2.C4H6O5/c1-12-14(20-19-13-8-4-2-5-9-13)16(22)18-17(23)15(12)21-10-6-3-7-11-21;5-2(4(8)9)1-3(6)7/h2-11H,1H3,(H-,18,19,22,23);2,5H,1H2,(H,6,7)(H,8,9). The van der Waals surface area contributed by atoms with E-state index in [1.807, 2.05) is 48.5 Å². The Balaban J connectivity index is 0.000000344. The van der Waals surface area contributed by atoms with Crippen molar-refractivity contribution in [3.63, 3.8) is 0 Å². The average Bonchev–Trinajstić information content (AvgIpc) is 2.75. The number of carboxylic acids is 2. The molecule has 166 valence electrons. The van der Waals surface area contributed by atoms with Crippen LogP contribution in [0.5, 0.6) is 0 Å². The summed E-state index contributed by atoms with van der Waals surface area (Å²) in [5.41, 5.74) is 4.83. The first-order valence-electron chi connectivity index (χ1n) is 9.29. The smallest absolute Gasteiger partial charge is 0.415 e. The van der Waals surface area contributed by atoms with Gasteiger partial charge in [0.2, 0.25) is 0 Å². The molecule has 3 rings (SSSR count). The molecular weight excluding hydrogens is 420 g/mol. The van der Waals surface area contributed by atoms with E-state index >= 15 is 0 Å². The normalized spacial score (nSPS) is 15.6. The van der Waals surface area contributed by atoms with Gasteiger partial charge in [-0.1, -0.05) is 24.3 Å². The number of nitrogens with two attached hydrogens (primary N) is 1. The molecule has 0 radical (unpaired) electrons. The number of primary amides is 2. The Labute approximate surface area is 182 Å². The molecule has 0 aliphatic carbocycles. The highest BCUT2D eigenvalue weighted by atomic mass is 16.4. The molecule has 2 heterocycles. The van der Waals surface area contributed by atoms with Crippen molar-refractivity contribution in [1.29, 1.82) is 0 Å². The zero-order valence-corrected chi connectivity index (χ0v) is 16.9. The van der Waals surface area contributed by atoms with E-state index in [9.17, 15) is 29.4 Å². The second-order valence-corrected chi connectivity index (χ2v) is 6.48. The number of imide groups is 1. The number of para-hydroxylation sites is 1. The van der Waals surface area contributed by atoms with E-state index < -0.39 is 30.4 Å². The van der Waals surface area contributed by atoms with Crippen LogP contribution in [0, 0.1) is 0 Å². The number of rotatable bonds is 6. The van der Waals surface area contributed by atoms with Crippen molar-refractivity contribution in [2.24, 2.45) is 5.10 Å². The van der Waals surface area contributed by atoms with E-state index in [4.69, 9.17) is 5.11 Å². The maximum absolute atomic E-state index is 12.2. The number of benzene rings is 1. The fraction of sp³-hybridized carbons (Fsp3) is 0.143. The number of nitrogens with one attached hydrogen (secondary N) is 1. The van der Waals surface area contributed by atoms with Crippen LogP contribution in [0.3, 0.4) is 0 Å². The number of amides is 2. The average molecular weight is 440 g/mol. The first-order valence-corrected chi connectivity index (χ1v) is 9.29. The van der Waals surface area contributed by atoms with Gasteiger partial charge in [0.25, 0.3) is 0 Å². The number of aliphatic hydroxyl groups excluding tert-OH is 1. The lowest BCUT2D eigenvalue weighted by atomic mass is 10.0. The van der Waals surface area contributed by atoms with Gasteiger partial charge in [0.1, 0.15) is 0 Å². The van der Waals surface area contributed by atoms with Crippen LogP contribution < -0.4 is 25.5 Å². The molecule has 4 N–H and O–H groups in total. The molecule has 11 heteroatoms. The predicted octanol–water partition coefficient (Wildman–Crippen LogP) is -3.46. The maximum atomic E-state index is 12.2. The molecule has 0 fully saturated rings. The van der Waals surface area contributed by atoms with Crippen LogP contribution in [0.2, 0.25) is 0 Å². The fourth-order valence-electron chi connectivity index (χ4n) is 2.62. The minimum absolute atomic E-state index is 0.236. The zero-order chi connectivity index (χ0) is 23.7. The number of aromatic nitrogens is 1. The van der Waals surface area contributed by atoms with E-state index in [0.717, 1.165) is 11.0 Å². The maximum Gasteiger partial charge on any atom is 0.415 e. The minimum atomic E-state index is -1.96. The van der Waals surface area contributed by atoms with Gasteiger partial charge in [-0.25, -0.2) is 14.9 Å². The van der Waals surface area contributed by atoms with Crippen LogP contribution in [0.4, 0.5) is 5.69 Å². The van der Waals surface area contributed by atoms with Gasteiger partial charge >= 0.3 is 17.5 Å². The third-order valence-corrected chi connectivity index (χ3v) is 4.12. The molecule has 1 unspecified atom stereocenters. The largest absolute Gasteiger partial charge is 0.550 e. The van der Waals surface area contributed by atoms with Crippen LogP contribution in [0.25, 0.3) is 5.70 Å². The number of carboxylic acid groups (broad SMARTS) is 2. The monoisotopic (exact) mass is 440 g/mol. The van der Waals surface area contributed by atoms with Gasteiger partial charge in [-0.05, 0) is 19.1 Å². The van der Waals surface area contributed by atoms with Crippen molar-refractivity contribution in [3.05, 3.63) is 66.5 Å². The van der Waals surface area contributed by atoms with Gasteiger partial charge in [-0.2, -0.15) is 9.67 Å². The number of aliphatic hydroxyl groups is 1. The number of hydrogen-bond acceptors (Lipinski definition) is 9. The fourth-order valence-corrected chi connectivity index (χ4v) is 2.62. The third-order valence-electron chi connectivity index (χ3n) is 4.12. The molecule has 1 aliphatic heterocycles. The van der Waals surface area contributed by atoms with Crippen molar-refractivity contribution in [2.75, 3.05) is 5.43 Å². The molecule has 32 heavy (non-hydrogen) atoms. The summed E-state index contributed by atoms with van der Waals surface area (Å²) in [7, 11) is 0. The number of hydrogen-bond donors (Lipinski definition) is 3. The Hall–Kier alpha value is -4.22. The van der Waals surface area contributed by atoms with Crippen LogP contribution in [-0.4, -0.2) is 40.7 Å². The summed E-state index contributed by atoms with van der Waals surface area (Å²) in [5.74, 6) is -4.13. The number of anilines is 1. The van der Waals surface area contributed by atoms with Crippen molar-refractivity contribution in [1.82, 2.24) is 0 Å². The van der Waals surface area contributed by atoms with Crippen LogP contribution in [0.15, 0.2) is 71.6 Å². The Bertz CT molecular complexity index is 1070. The topological polar surface area (TPSA) is 180 Å². The summed E-state index contributed by atoms with van der Waals surface area (Å²) in [4.78, 5) is 43.5. The Kier molecular flexibility index (Phi) is 8.45. The quantitative estimate of drug-likeness (QED) is 0.235. The molecule has 2 aromatic rings. The van der Waals surface area contributed by atoms with E-state index in [0.29, 0.717) is 11.3 Å². The number of hydrazone groups is 1. The third kappa shape index (κ3) is 6.65. The first-order chi connectivity index (χ1) is 15.2. The van der Waals surface area contributed by atoms with Gasteiger partial charge in [-0.15, -0.1) is 0 Å². The number of carbonyl (C=O) groups excluding carboxylic acids is 4. The lowest BCUT2D eigenvalue weighted by Gasteiger charge is -2.11. The van der Waals surface area contributed by atoms with E-state index in [2.05, 4.69) is 10.5 Å². The number of pyridine rings is 1. The molecular formula is C21H20N4O7. The highest BCUT2D eigenvalue weighted by Crippen LogP contribution is 2.11. The summed E-state index contributed by atoms with van der Waals surface area (Å²) >= 11 is 0. The number of quaternary nitrogens is 1. The summed E-state index contributed by atoms with van der Waals surface area (Å²) in [6.07, 6.45) is 0.642. The SMILES string of the molecule is CC1=C([n+]2ccccc2)C(=O)[NH2+]C(=O)/C1=N\Nc1ccccc1.O=C([O-])CC(O)C(=O)[O-]. The second-order valence-electron chi connectivity index (χ2n) is 6.48. The second kappa shape index (κ2) is 11.2. The highest BCUT2D eigenvalue weighted by molar-refractivity contribution is 6.47. The zero-order valence-electron chi connectivity index (χ0n) is 16.9. The molecule has 0 spiro atoms. The summed E-state index contributed by atoms with van der Waals surface area (Å²) in [6.45, 7) is 1.73. The molecule has 0 saturated heterocycles. The molecule has 1 aliphatic rings. The van der Waals surface area contributed by atoms with Gasteiger partial charge in [0.05, 0.1) is 23.3 Å². The van der Waals surface area contributed by atoms with Crippen LogP contribution in [-0.2, 0) is 19.2 Å². The van der Waals surface area contributed by atoms with Crippen LogP contribution >= 0.6 is 0 Å². The number of carbonyl (C=O) groups is 4. The van der Waals surface area contributed by atoms with Gasteiger partial charge in [0.15, 0.2) is 18.1 Å². The molecule has 1 aromatic heterocycles. The Morgan fingerprint density at radius 1 is 1.06 bits per heavy atom. The van der Waals surface area contributed by atoms with Crippen molar-refractivity contribution in [2.45, 2.75) is 19.4 Å². The molecule has 1 atom stereocenters. The molecule has 11 nitrogen and oxygen atoms in total. The van der Waals surface area contributed by atoms with Gasteiger partial charge < -0.3 is 24.9 Å². The molecule has 2 amide bonds. The van der Waals surface area contributed by atoms with Crippen LogP contribution in [0.1, 0.15) is 13.3 Å². The van der Waals surface area contributed by atoms with E-state index in [1.54, 1.807) is 23.9 Å². The lowest BCUT2D eigenvalue weighted by Crippen LogP contribution is -2.95. The summed E-state index contributed by atoms with van der Waals surface area (Å²) in [5, 5.41) is 32.6. The van der Waals surface area contributed by atoms with E-state index in [1.165, 1.54) is 0 Å². The lowest BCUT2D eigenvalue weighted by molar-refractivity contribution is -0.590. The Morgan fingerprint density at radius 2 is 1.66 bits per heavy atom. The molecule has 0 saturated carbocycles. The Morgan fingerprint density at radius 3 is 2.19 bits per heavy atom. The minimum Gasteiger partial charge on any atom is -0.550 e. The van der Waals surface area contributed by atoms with Gasteiger partial charge in [0, 0.05) is 24.5 Å². The molecule has 1 aromatic carbocycles. The van der Waals surface area contributed by atoms with Crippen molar-refractivity contribution in [3.8, 4) is 0 Å². The predicted molar refractivity (Wildman–Crippen MR) is 106 cm³/mol. The number of nitrogens with zero attached hydrogens (tertiary/aromatic N) is 2. The van der Waals surface area contributed by atoms with Crippen molar-refractivity contribution < 1.29 is 44.4 Å². The summed E-state index contributed by atoms with van der Waals surface area (Å²) < 4.78 is 1.69.